The Morgan fingerprint density at radius 3 is 2.65 bits per heavy atom. The molecule has 1 amide bonds. The van der Waals surface area contributed by atoms with Gasteiger partial charge in [-0.05, 0) is 25.2 Å². The maximum atomic E-state index is 13.0. The monoisotopic (exact) mass is 446 g/mol. The number of nitro groups is 1. The van der Waals surface area contributed by atoms with Gasteiger partial charge in [-0.15, -0.1) is 11.6 Å². The second kappa shape index (κ2) is 6.21. The van der Waals surface area contributed by atoms with Gasteiger partial charge in [0, 0.05) is 46.9 Å². The number of carbonyl (C=O) groups excluding carboxylic acids is 2. The number of ether oxygens (including phenoxy) is 1. The minimum Gasteiger partial charge on any atom is -0.486 e. The summed E-state index contributed by atoms with van der Waals surface area (Å²) in [5.41, 5.74) is -0.393. The number of nitrogens with one attached hydrogen (secondary N) is 1. The molecule has 4 aliphatic rings. The van der Waals surface area contributed by atoms with Crippen molar-refractivity contribution >= 4 is 29.0 Å². The van der Waals surface area contributed by atoms with Crippen LogP contribution in [0.15, 0.2) is 6.07 Å². The third-order valence-electron chi connectivity index (χ3n) is 8.90. The van der Waals surface area contributed by atoms with Crippen LogP contribution >= 0.6 is 11.6 Å². The summed E-state index contributed by atoms with van der Waals surface area (Å²) in [4.78, 5) is 36.7. The molecule has 1 aromatic carbocycles. The van der Waals surface area contributed by atoms with Gasteiger partial charge in [-0.25, -0.2) is 0 Å². The van der Waals surface area contributed by atoms with E-state index in [0.717, 1.165) is 18.4 Å². The van der Waals surface area contributed by atoms with Crippen molar-refractivity contribution in [3.8, 4) is 5.75 Å². The Kier molecular flexibility index (Phi) is 4.16. The lowest BCUT2D eigenvalue weighted by Crippen LogP contribution is -2.71. The first-order valence-corrected chi connectivity index (χ1v) is 11.4. The van der Waals surface area contributed by atoms with Gasteiger partial charge >= 0.3 is 0 Å². The normalized spacial score (nSPS) is 37.6. The maximum Gasteiger partial charge on any atom is 0.283 e. The van der Waals surface area contributed by atoms with Crippen molar-refractivity contribution in [1.82, 2.24) is 5.32 Å². The van der Waals surface area contributed by atoms with Crippen molar-refractivity contribution in [2.24, 2.45) is 22.7 Å². The van der Waals surface area contributed by atoms with Crippen molar-refractivity contribution in [2.45, 2.75) is 70.9 Å². The maximum absolute atomic E-state index is 13.0. The lowest BCUT2D eigenvalue weighted by Gasteiger charge is -2.66. The van der Waals surface area contributed by atoms with E-state index >= 15 is 0 Å². The van der Waals surface area contributed by atoms with Gasteiger partial charge in [-0.3, -0.25) is 19.7 Å². The molecule has 2 saturated carbocycles. The third kappa shape index (κ3) is 2.41. The molecule has 1 N–H and O–H groups in total. The number of nitrogens with zero attached hydrogens (tertiary/aromatic N) is 1. The number of Topliss-reactive ketones (excluding diaryl/α,β-unsaturated/α-hetero) is 1. The van der Waals surface area contributed by atoms with Crippen LogP contribution in [0.1, 0.15) is 68.4 Å². The van der Waals surface area contributed by atoms with Crippen LogP contribution in [0.4, 0.5) is 5.69 Å². The molecule has 0 radical (unpaired) electrons. The molecule has 5 rings (SSSR count). The zero-order chi connectivity index (χ0) is 22.5. The molecule has 2 fully saturated rings. The molecular formula is C23H27ClN2O5. The Morgan fingerprint density at radius 1 is 1.26 bits per heavy atom. The number of rotatable bonds is 1. The van der Waals surface area contributed by atoms with E-state index in [1.54, 1.807) is 0 Å². The lowest BCUT2D eigenvalue weighted by atomic mass is 9.44. The minimum absolute atomic E-state index is 0.0206. The van der Waals surface area contributed by atoms with Crippen LogP contribution in [0.5, 0.6) is 5.75 Å². The Hall–Kier alpha value is -2.15. The Balaban J connectivity index is 1.76. The Morgan fingerprint density at radius 2 is 1.97 bits per heavy atom. The standard InChI is InChI=1S/C23H27ClN2O5/c1-11-5-6-16-21(2,3)19(27)14(24)9-23(16)22(11,4)8-12-7-15(26(29)30)17-13(18(12)31-23)10-25-20(17)28/h7,11,14,16H,5-6,8-10H2,1-4H3,(H,25,28)/t11-,14+,16-,22+,23-/m0/s1. The van der Waals surface area contributed by atoms with E-state index in [9.17, 15) is 19.7 Å². The van der Waals surface area contributed by atoms with Crippen molar-refractivity contribution < 1.29 is 19.2 Å². The molecule has 7 nitrogen and oxygen atoms in total. The first kappa shape index (κ1) is 20.7. The molecule has 1 aromatic rings. The molecule has 1 spiro atoms. The summed E-state index contributed by atoms with van der Waals surface area (Å²) in [5, 5.41) is 13.8. The van der Waals surface area contributed by atoms with E-state index in [-0.39, 0.29) is 40.8 Å². The fraction of sp³-hybridized carbons (Fsp3) is 0.652. The van der Waals surface area contributed by atoms with Crippen LogP contribution < -0.4 is 10.1 Å². The predicted octanol–water partition coefficient (Wildman–Crippen LogP) is 4.17. The third-order valence-corrected chi connectivity index (χ3v) is 9.26. The SMILES string of the molecule is C[C@H]1CC[C@H]2C(C)(C)C(=O)[C@H](Cl)C[C@]23Oc2c(cc([N+](=O)[O-])c4c2CNC4=O)C[C@]13C. The van der Waals surface area contributed by atoms with Gasteiger partial charge in [0.25, 0.3) is 11.6 Å². The quantitative estimate of drug-likeness (QED) is 0.396. The van der Waals surface area contributed by atoms with Gasteiger partial charge in [-0.2, -0.15) is 0 Å². The van der Waals surface area contributed by atoms with Crippen LogP contribution in [0.3, 0.4) is 0 Å². The second-order valence-corrected chi connectivity index (χ2v) is 11.1. The molecule has 8 heteroatoms. The molecule has 0 saturated heterocycles. The van der Waals surface area contributed by atoms with Gasteiger partial charge in [0.2, 0.25) is 0 Å². The predicted molar refractivity (Wildman–Crippen MR) is 114 cm³/mol. The molecular weight excluding hydrogens is 420 g/mol. The summed E-state index contributed by atoms with van der Waals surface area (Å²) < 4.78 is 6.93. The van der Waals surface area contributed by atoms with E-state index in [4.69, 9.17) is 16.3 Å². The fourth-order valence-electron chi connectivity index (χ4n) is 7.01. The van der Waals surface area contributed by atoms with Crippen molar-refractivity contribution in [2.75, 3.05) is 0 Å². The number of carbonyl (C=O) groups is 2. The number of fused-ring (bicyclic) bond motifs is 3. The van der Waals surface area contributed by atoms with Crippen LogP contribution in [-0.2, 0) is 17.8 Å². The molecule has 2 aliphatic heterocycles. The summed E-state index contributed by atoms with van der Waals surface area (Å²) in [6.45, 7) is 8.53. The number of hydrogen-bond donors (Lipinski definition) is 1. The zero-order valence-corrected chi connectivity index (χ0v) is 19.0. The first-order chi connectivity index (χ1) is 14.4. The summed E-state index contributed by atoms with van der Waals surface area (Å²) in [5.74, 6) is 0.456. The number of benzene rings is 1. The molecule has 5 atom stereocenters. The average molecular weight is 447 g/mol. The van der Waals surface area contributed by atoms with Crippen LogP contribution in [-0.4, -0.2) is 27.6 Å². The summed E-state index contributed by atoms with van der Waals surface area (Å²) in [6, 6.07) is 1.52. The van der Waals surface area contributed by atoms with Gasteiger partial charge in [0.1, 0.15) is 16.9 Å². The first-order valence-electron chi connectivity index (χ1n) is 10.9. The molecule has 31 heavy (non-hydrogen) atoms. The number of ketones is 1. The molecule has 0 aromatic heterocycles. The van der Waals surface area contributed by atoms with E-state index < -0.39 is 27.2 Å². The molecule has 166 valence electrons. The highest BCUT2D eigenvalue weighted by Crippen LogP contribution is 2.66. The molecule has 0 unspecified atom stereocenters. The van der Waals surface area contributed by atoms with Gasteiger partial charge in [-0.1, -0.05) is 27.7 Å². The van der Waals surface area contributed by atoms with E-state index in [1.807, 2.05) is 13.8 Å². The Bertz CT molecular complexity index is 1050. The summed E-state index contributed by atoms with van der Waals surface area (Å²) >= 11 is 6.64. The van der Waals surface area contributed by atoms with Crippen LogP contribution in [0.2, 0.25) is 0 Å². The fourth-order valence-corrected chi connectivity index (χ4v) is 7.52. The number of hydrogen-bond acceptors (Lipinski definition) is 5. The average Bonchev–Trinajstić information content (AvgIpc) is 3.07. The molecule has 0 bridgehead atoms. The number of nitro benzene ring substituents is 1. The number of amides is 1. The number of alkyl halides is 1. The van der Waals surface area contributed by atoms with Crippen molar-refractivity contribution in [1.29, 1.82) is 0 Å². The highest BCUT2D eigenvalue weighted by molar-refractivity contribution is 6.32. The number of halogens is 1. The van der Waals surface area contributed by atoms with Gasteiger partial charge in [0.05, 0.1) is 10.3 Å². The van der Waals surface area contributed by atoms with Gasteiger partial charge < -0.3 is 10.1 Å². The second-order valence-electron chi connectivity index (χ2n) is 10.6. The van der Waals surface area contributed by atoms with Crippen LogP contribution in [0, 0.1) is 32.8 Å². The zero-order valence-electron chi connectivity index (χ0n) is 18.2. The van der Waals surface area contributed by atoms with E-state index in [2.05, 4.69) is 19.2 Å². The topological polar surface area (TPSA) is 98.5 Å². The van der Waals surface area contributed by atoms with E-state index in [1.165, 1.54) is 6.07 Å². The Labute approximate surface area is 186 Å². The van der Waals surface area contributed by atoms with Gasteiger partial charge in [0.15, 0.2) is 5.78 Å². The molecule has 2 aliphatic carbocycles. The van der Waals surface area contributed by atoms with Crippen molar-refractivity contribution in [3.05, 3.63) is 32.9 Å². The molecule has 2 heterocycles. The highest BCUT2D eigenvalue weighted by atomic mass is 35.5. The summed E-state index contributed by atoms with van der Waals surface area (Å²) in [6.07, 6.45) is 2.82. The smallest absolute Gasteiger partial charge is 0.283 e. The summed E-state index contributed by atoms with van der Waals surface area (Å²) in [7, 11) is 0. The lowest BCUT2D eigenvalue weighted by molar-refractivity contribution is -0.385. The largest absolute Gasteiger partial charge is 0.486 e. The van der Waals surface area contributed by atoms with Crippen LogP contribution in [0.25, 0.3) is 0 Å². The van der Waals surface area contributed by atoms with E-state index in [0.29, 0.717) is 24.2 Å². The van der Waals surface area contributed by atoms with Crippen molar-refractivity contribution in [3.63, 3.8) is 0 Å². The minimum atomic E-state index is -0.670. The highest BCUT2D eigenvalue weighted by Gasteiger charge is 2.69.